The Labute approximate surface area is 101 Å². The molecule has 0 aliphatic carbocycles. The van der Waals surface area contributed by atoms with Gasteiger partial charge in [-0.3, -0.25) is 0 Å². The van der Waals surface area contributed by atoms with Gasteiger partial charge < -0.3 is 14.8 Å². The van der Waals surface area contributed by atoms with E-state index >= 15 is 0 Å². The molecule has 0 aromatic carbocycles. The predicted octanol–water partition coefficient (Wildman–Crippen LogP) is 0.706. The first-order valence-corrected chi connectivity index (χ1v) is 5.70. The average Bonchev–Trinajstić information content (AvgIpc) is 2.80. The molecule has 1 atom stereocenters. The van der Waals surface area contributed by atoms with E-state index in [1.165, 1.54) is 0 Å². The maximum atomic E-state index is 5.51. The lowest BCUT2D eigenvalue weighted by atomic mass is 10.0. The first kappa shape index (κ1) is 12.2. The highest BCUT2D eigenvalue weighted by Crippen LogP contribution is 2.22. The molecule has 6 nitrogen and oxygen atoms in total. The molecule has 1 aromatic heterocycles. The van der Waals surface area contributed by atoms with Gasteiger partial charge in [0.25, 0.3) is 0 Å². The number of hydrogen-bond acceptors (Lipinski definition) is 6. The first-order valence-electron chi connectivity index (χ1n) is 5.70. The van der Waals surface area contributed by atoms with Crippen molar-refractivity contribution >= 4 is 5.95 Å². The Morgan fingerprint density at radius 3 is 2.76 bits per heavy atom. The average molecular weight is 238 g/mol. The molecule has 1 aromatic rings. The molecule has 2 heterocycles. The summed E-state index contributed by atoms with van der Waals surface area (Å²) < 4.78 is 10.9. The number of rotatable bonds is 4. The van der Waals surface area contributed by atoms with E-state index in [-0.39, 0.29) is 5.60 Å². The molecule has 1 unspecified atom stereocenters. The number of aromatic nitrogens is 3. The summed E-state index contributed by atoms with van der Waals surface area (Å²) in [5.41, 5.74) is 1.47. The minimum Gasteiger partial charge on any atom is -0.378 e. The minimum absolute atomic E-state index is 0.262. The van der Waals surface area contributed by atoms with Gasteiger partial charge in [-0.2, -0.15) is 5.10 Å². The highest BCUT2D eigenvalue weighted by molar-refractivity contribution is 5.25. The third-order valence-electron chi connectivity index (χ3n) is 3.16. The van der Waals surface area contributed by atoms with Gasteiger partial charge in [-0.15, -0.1) is 5.10 Å². The Kier molecular flexibility index (Phi) is 3.54. The van der Waals surface area contributed by atoms with Crippen molar-refractivity contribution in [1.29, 1.82) is 0 Å². The van der Waals surface area contributed by atoms with Gasteiger partial charge in [0.2, 0.25) is 5.95 Å². The van der Waals surface area contributed by atoms with Gasteiger partial charge in [0.1, 0.15) is 5.60 Å². The molecule has 0 radical (unpaired) electrons. The van der Waals surface area contributed by atoms with Crippen molar-refractivity contribution in [2.24, 2.45) is 0 Å². The Hall–Kier alpha value is -1.27. The summed E-state index contributed by atoms with van der Waals surface area (Å²) in [6.07, 6.45) is 0.884. The molecule has 0 amide bonds. The van der Waals surface area contributed by atoms with Crippen molar-refractivity contribution in [3.8, 4) is 0 Å². The number of nitrogens with one attached hydrogen (secondary N) is 1. The number of anilines is 1. The number of aryl methyl sites for hydroxylation is 2. The molecule has 1 saturated heterocycles. The zero-order valence-corrected chi connectivity index (χ0v) is 10.5. The van der Waals surface area contributed by atoms with Crippen molar-refractivity contribution in [3.63, 3.8) is 0 Å². The molecule has 1 aliphatic rings. The maximum absolute atomic E-state index is 5.51. The van der Waals surface area contributed by atoms with Gasteiger partial charge in [-0.25, -0.2) is 4.98 Å². The minimum atomic E-state index is -0.262. The van der Waals surface area contributed by atoms with Crippen molar-refractivity contribution in [1.82, 2.24) is 15.2 Å². The van der Waals surface area contributed by atoms with Crippen LogP contribution >= 0.6 is 0 Å². The van der Waals surface area contributed by atoms with E-state index in [4.69, 9.17) is 9.47 Å². The van der Waals surface area contributed by atoms with Crippen LogP contribution in [-0.2, 0) is 9.47 Å². The van der Waals surface area contributed by atoms with Crippen LogP contribution in [0.1, 0.15) is 17.8 Å². The molecule has 0 saturated carbocycles. The molecular weight excluding hydrogens is 220 g/mol. The van der Waals surface area contributed by atoms with Crippen LogP contribution in [0, 0.1) is 13.8 Å². The fourth-order valence-electron chi connectivity index (χ4n) is 1.73. The fourth-order valence-corrected chi connectivity index (χ4v) is 1.73. The predicted molar refractivity (Wildman–Crippen MR) is 63.0 cm³/mol. The topological polar surface area (TPSA) is 69.2 Å². The Bertz CT molecular complexity index is 391. The molecule has 1 N–H and O–H groups in total. The Morgan fingerprint density at radius 2 is 2.18 bits per heavy atom. The van der Waals surface area contributed by atoms with Crippen LogP contribution in [0.5, 0.6) is 0 Å². The van der Waals surface area contributed by atoms with Crippen molar-refractivity contribution in [2.45, 2.75) is 25.9 Å². The van der Waals surface area contributed by atoms with Crippen LogP contribution in [-0.4, -0.2) is 47.7 Å². The standard InChI is InChI=1S/C11H18N4O2/c1-8-9(2)14-15-10(13-8)12-6-11(16-3)4-5-17-7-11/h4-7H2,1-3H3,(H,12,13,15). The highest BCUT2D eigenvalue weighted by atomic mass is 16.5. The fraction of sp³-hybridized carbons (Fsp3) is 0.727. The molecule has 1 fully saturated rings. The van der Waals surface area contributed by atoms with E-state index in [0.717, 1.165) is 24.4 Å². The quantitative estimate of drug-likeness (QED) is 0.833. The van der Waals surface area contributed by atoms with Gasteiger partial charge in [0, 0.05) is 26.7 Å². The molecule has 6 heteroatoms. The van der Waals surface area contributed by atoms with Crippen LogP contribution in [0.25, 0.3) is 0 Å². The summed E-state index contributed by atoms with van der Waals surface area (Å²) in [5, 5.41) is 11.2. The number of methoxy groups -OCH3 is 1. The molecule has 2 rings (SSSR count). The molecule has 17 heavy (non-hydrogen) atoms. The van der Waals surface area contributed by atoms with E-state index < -0.39 is 0 Å². The van der Waals surface area contributed by atoms with Crippen LogP contribution in [0.3, 0.4) is 0 Å². The van der Waals surface area contributed by atoms with E-state index in [1.54, 1.807) is 7.11 Å². The summed E-state index contributed by atoms with van der Waals surface area (Å²) in [6, 6.07) is 0. The molecule has 1 aliphatic heterocycles. The number of nitrogens with zero attached hydrogens (tertiary/aromatic N) is 3. The number of hydrogen-bond donors (Lipinski definition) is 1. The largest absolute Gasteiger partial charge is 0.378 e. The normalized spacial score (nSPS) is 23.9. The summed E-state index contributed by atoms with van der Waals surface area (Å²) >= 11 is 0. The molecule has 0 bridgehead atoms. The lowest BCUT2D eigenvalue weighted by Gasteiger charge is -2.25. The second-order valence-electron chi connectivity index (χ2n) is 4.35. The highest BCUT2D eigenvalue weighted by Gasteiger charge is 2.34. The summed E-state index contributed by atoms with van der Waals surface area (Å²) in [7, 11) is 1.70. The first-order chi connectivity index (χ1) is 8.15. The zero-order valence-electron chi connectivity index (χ0n) is 10.5. The van der Waals surface area contributed by atoms with E-state index in [9.17, 15) is 0 Å². The van der Waals surface area contributed by atoms with Crippen LogP contribution < -0.4 is 5.32 Å². The maximum Gasteiger partial charge on any atom is 0.243 e. The van der Waals surface area contributed by atoms with E-state index in [2.05, 4.69) is 20.5 Å². The summed E-state index contributed by atoms with van der Waals surface area (Å²) in [5.74, 6) is 0.538. The van der Waals surface area contributed by atoms with Gasteiger partial charge >= 0.3 is 0 Å². The third kappa shape index (κ3) is 2.70. The Balaban J connectivity index is 1.99. The second kappa shape index (κ2) is 4.93. The van der Waals surface area contributed by atoms with Crippen LogP contribution in [0.4, 0.5) is 5.95 Å². The van der Waals surface area contributed by atoms with Gasteiger partial charge in [-0.1, -0.05) is 0 Å². The molecule has 0 spiro atoms. The van der Waals surface area contributed by atoms with E-state index in [0.29, 0.717) is 19.1 Å². The lowest BCUT2D eigenvalue weighted by molar-refractivity contribution is -0.00632. The van der Waals surface area contributed by atoms with Crippen molar-refractivity contribution in [2.75, 3.05) is 32.2 Å². The third-order valence-corrected chi connectivity index (χ3v) is 3.16. The zero-order chi connectivity index (χ0) is 12.3. The lowest BCUT2D eigenvalue weighted by Crippen LogP contribution is -2.40. The summed E-state index contributed by atoms with van der Waals surface area (Å²) in [6.45, 7) is 5.78. The van der Waals surface area contributed by atoms with Crippen LogP contribution in [0.15, 0.2) is 0 Å². The summed E-state index contributed by atoms with van der Waals surface area (Å²) in [4.78, 5) is 4.32. The van der Waals surface area contributed by atoms with Gasteiger partial charge in [0.15, 0.2) is 0 Å². The molecule has 94 valence electrons. The number of ether oxygens (including phenoxy) is 2. The van der Waals surface area contributed by atoms with Gasteiger partial charge in [0.05, 0.1) is 18.0 Å². The van der Waals surface area contributed by atoms with E-state index in [1.807, 2.05) is 13.8 Å². The van der Waals surface area contributed by atoms with Crippen LogP contribution in [0.2, 0.25) is 0 Å². The van der Waals surface area contributed by atoms with Crippen molar-refractivity contribution < 1.29 is 9.47 Å². The van der Waals surface area contributed by atoms with Crippen molar-refractivity contribution in [3.05, 3.63) is 11.4 Å². The smallest absolute Gasteiger partial charge is 0.243 e. The SMILES string of the molecule is COC1(CNc2nnc(C)c(C)n2)CCOC1. The molecular formula is C11H18N4O2. The monoisotopic (exact) mass is 238 g/mol. The second-order valence-corrected chi connectivity index (χ2v) is 4.35. The Morgan fingerprint density at radius 1 is 1.35 bits per heavy atom. The van der Waals surface area contributed by atoms with Gasteiger partial charge in [-0.05, 0) is 13.8 Å².